The summed E-state index contributed by atoms with van der Waals surface area (Å²) >= 11 is 0. The number of hydrogen-bond donors (Lipinski definition) is 1. The molecule has 4 rings (SSSR count). The second-order valence-corrected chi connectivity index (χ2v) is 6.30. The van der Waals surface area contributed by atoms with Gasteiger partial charge in [0.25, 0.3) is 0 Å². The predicted octanol–water partition coefficient (Wildman–Crippen LogP) is 2.58. The second-order valence-electron chi connectivity index (χ2n) is 6.30. The molecule has 0 saturated carbocycles. The summed E-state index contributed by atoms with van der Waals surface area (Å²) in [6.45, 7) is 2.23. The van der Waals surface area contributed by atoms with E-state index in [-0.39, 0.29) is 12.5 Å². The number of nitrogens with zero attached hydrogens (tertiary/aromatic N) is 5. The summed E-state index contributed by atoms with van der Waals surface area (Å²) in [6.07, 6.45) is 2.49. The van der Waals surface area contributed by atoms with Gasteiger partial charge in [0.1, 0.15) is 6.54 Å². The summed E-state index contributed by atoms with van der Waals surface area (Å²) in [5, 5.41) is 15.1. The lowest BCUT2D eigenvalue weighted by Gasteiger charge is -2.17. The third kappa shape index (κ3) is 3.72. The van der Waals surface area contributed by atoms with Crippen molar-refractivity contribution in [3.8, 4) is 11.4 Å². The Bertz CT molecular complexity index is 869. The monoisotopic (exact) mass is 348 g/mol. The van der Waals surface area contributed by atoms with Gasteiger partial charge in [0.2, 0.25) is 11.7 Å². The molecular weight excluding hydrogens is 328 g/mol. The largest absolute Gasteiger partial charge is 0.372 e. The number of amides is 1. The molecule has 1 saturated heterocycles. The van der Waals surface area contributed by atoms with Crippen LogP contribution in [0, 0.1) is 0 Å². The number of aromatic nitrogens is 4. The van der Waals surface area contributed by atoms with Gasteiger partial charge in [-0.15, -0.1) is 10.2 Å². The Morgan fingerprint density at radius 3 is 2.46 bits per heavy atom. The van der Waals surface area contributed by atoms with Crippen LogP contribution in [0.4, 0.5) is 11.4 Å². The summed E-state index contributed by atoms with van der Waals surface area (Å²) in [6, 6.07) is 17.5. The SMILES string of the molecule is O=C(Cn1nnc(-c2ccccc2)n1)Nc1ccc(N2CCCC2)cc1. The van der Waals surface area contributed by atoms with Gasteiger partial charge in [-0.2, -0.15) is 4.80 Å². The van der Waals surface area contributed by atoms with Crippen molar-refractivity contribution in [1.29, 1.82) is 0 Å². The number of hydrogen-bond acceptors (Lipinski definition) is 5. The van der Waals surface area contributed by atoms with Crippen LogP contribution >= 0.6 is 0 Å². The molecule has 0 aliphatic carbocycles. The number of nitrogens with one attached hydrogen (secondary N) is 1. The molecular formula is C19H20N6O. The lowest BCUT2D eigenvalue weighted by molar-refractivity contribution is -0.117. The van der Waals surface area contributed by atoms with E-state index in [9.17, 15) is 4.79 Å². The minimum Gasteiger partial charge on any atom is -0.372 e. The Balaban J connectivity index is 1.36. The van der Waals surface area contributed by atoms with Crippen LogP contribution in [0.1, 0.15) is 12.8 Å². The van der Waals surface area contributed by atoms with E-state index in [1.807, 2.05) is 54.6 Å². The fourth-order valence-electron chi connectivity index (χ4n) is 3.07. The van der Waals surface area contributed by atoms with Crippen molar-refractivity contribution >= 4 is 17.3 Å². The Morgan fingerprint density at radius 2 is 1.73 bits per heavy atom. The van der Waals surface area contributed by atoms with Gasteiger partial charge in [0.05, 0.1) is 0 Å². The van der Waals surface area contributed by atoms with Crippen LogP contribution in [0.25, 0.3) is 11.4 Å². The first kappa shape index (κ1) is 16.3. The quantitative estimate of drug-likeness (QED) is 0.767. The van der Waals surface area contributed by atoms with Crippen LogP contribution in [0.15, 0.2) is 54.6 Å². The molecule has 0 atom stereocenters. The van der Waals surface area contributed by atoms with E-state index in [1.54, 1.807) is 0 Å². The molecule has 132 valence electrons. The number of anilines is 2. The van der Waals surface area contributed by atoms with E-state index in [4.69, 9.17) is 0 Å². The summed E-state index contributed by atoms with van der Waals surface area (Å²) < 4.78 is 0. The Hall–Kier alpha value is -3.22. The fourth-order valence-corrected chi connectivity index (χ4v) is 3.07. The normalized spacial score (nSPS) is 13.8. The molecule has 0 radical (unpaired) electrons. The first-order valence-electron chi connectivity index (χ1n) is 8.76. The third-order valence-corrected chi connectivity index (χ3v) is 4.39. The number of benzene rings is 2. The second kappa shape index (κ2) is 7.35. The van der Waals surface area contributed by atoms with Crippen molar-refractivity contribution in [2.75, 3.05) is 23.3 Å². The Kier molecular flexibility index (Phi) is 4.59. The van der Waals surface area contributed by atoms with E-state index in [2.05, 4.69) is 25.6 Å². The molecule has 1 fully saturated rings. The first-order chi connectivity index (χ1) is 12.8. The maximum absolute atomic E-state index is 12.2. The zero-order chi connectivity index (χ0) is 17.8. The number of rotatable bonds is 5. The van der Waals surface area contributed by atoms with Crippen LogP contribution in [0.3, 0.4) is 0 Å². The minimum absolute atomic E-state index is 0.0215. The molecule has 7 heteroatoms. The van der Waals surface area contributed by atoms with Crippen molar-refractivity contribution < 1.29 is 4.79 Å². The van der Waals surface area contributed by atoms with Crippen LogP contribution < -0.4 is 10.2 Å². The maximum atomic E-state index is 12.2. The van der Waals surface area contributed by atoms with Gasteiger partial charge in [0.15, 0.2) is 0 Å². The number of tetrazole rings is 1. The topological polar surface area (TPSA) is 75.9 Å². The van der Waals surface area contributed by atoms with E-state index in [0.717, 1.165) is 24.3 Å². The molecule has 2 heterocycles. The van der Waals surface area contributed by atoms with Gasteiger partial charge >= 0.3 is 0 Å². The van der Waals surface area contributed by atoms with E-state index < -0.39 is 0 Å². The highest BCUT2D eigenvalue weighted by molar-refractivity contribution is 5.90. The molecule has 1 N–H and O–H groups in total. The van der Waals surface area contributed by atoms with Gasteiger partial charge < -0.3 is 10.2 Å². The first-order valence-corrected chi connectivity index (χ1v) is 8.76. The van der Waals surface area contributed by atoms with Crippen molar-refractivity contribution in [2.45, 2.75) is 19.4 Å². The standard InChI is InChI=1S/C19H20N6O/c26-18(14-25-22-19(21-23-25)15-6-2-1-3-7-15)20-16-8-10-17(11-9-16)24-12-4-5-13-24/h1-3,6-11H,4-5,12-14H2,(H,20,26). The van der Waals surface area contributed by atoms with Crippen molar-refractivity contribution in [3.63, 3.8) is 0 Å². The fraction of sp³-hybridized carbons (Fsp3) is 0.263. The van der Waals surface area contributed by atoms with Crippen LogP contribution in [-0.2, 0) is 11.3 Å². The summed E-state index contributed by atoms with van der Waals surface area (Å²) in [5.74, 6) is 0.323. The third-order valence-electron chi connectivity index (χ3n) is 4.39. The van der Waals surface area contributed by atoms with Crippen molar-refractivity contribution in [1.82, 2.24) is 20.2 Å². The van der Waals surface area contributed by atoms with Crippen molar-refractivity contribution in [3.05, 3.63) is 54.6 Å². The highest BCUT2D eigenvalue weighted by Gasteiger charge is 2.13. The molecule has 1 amide bonds. The molecule has 0 spiro atoms. The zero-order valence-electron chi connectivity index (χ0n) is 14.4. The summed E-state index contributed by atoms with van der Waals surface area (Å²) in [7, 11) is 0. The molecule has 7 nitrogen and oxygen atoms in total. The van der Waals surface area contributed by atoms with Crippen LogP contribution in [0.2, 0.25) is 0 Å². The van der Waals surface area contributed by atoms with Gasteiger partial charge in [0, 0.05) is 30.0 Å². The molecule has 1 aliphatic rings. The van der Waals surface area contributed by atoms with E-state index in [0.29, 0.717) is 5.82 Å². The highest BCUT2D eigenvalue weighted by atomic mass is 16.2. The van der Waals surface area contributed by atoms with Gasteiger partial charge in [-0.1, -0.05) is 30.3 Å². The Morgan fingerprint density at radius 1 is 1.00 bits per heavy atom. The average Bonchev–Trinajstić information content (AvgIpc) is 3.35. The summed E-state index contributed by atoms with van der Waals surface area (Å²) in [5.41, 5.74) is 2.84. The average molecular weight is 348 g/mol. The van der Waals surface area contributed by atoms with Gasteiger partial charge in [-0.3, -0.25) is 4.79 Å². The number of carbonyl (C=O) groups excluding carboxylic acids is 1. The highest BCUT2D eigenvalue weighted by Crippen LogP contribution is 2.22. The molecule has 26 heavy (non-hydrogen) atoms. The number of carbonyl (C=O) groups is 1. The van der Waals surface area contributed by atoms with Crippen LogP contribution in [-0.4, -0.2) is 39.2 Å². The Labute approximate surface area is 151 Å². The van der Waals surface area contributed by atoms with Gasteiger partial charge in [-0.05, 0) is 42.3 Å². The molecule has 2 aromatic carbocycles. The molecule has 3 aromatic rings. The maximum Gasteiger partial charge on any atom is 0.248 e. The molecule has 1 aliphatic heterocycles. The molecule has 0 bridgehead atoms. The minimum atomic E-state index is -0.184. The van der Waals surface area contributed by atoms with Crippen LogP contribution in [0.5, 0.6) is 0 Å². The lowest BCUT2D eigenvalue weighted by Crippen LogP contribution is -2.21. The van der Waals surface area contributed by atoms with Crippen molar-refractivity contribution in [2.24, 2.45) is 0 Å². The van der Waals surface area contributed by atoms with E-state index in [1.165, 1.54) is 23.3 Å². The predicted molar refractivity (Wildman–Crippen MR) is 99.8 cm³/mol. The smallest absolute Gasteiger partial charge is 0.248 e. The van der Waals surface area contributed by atoms with E-state index >= 15 is 0 Å². The molecule has 1 aromatic heterocycles. The molecule has 0 unspecified atom stereocenters. The van der Waals surface area contributed by atoms with Gasteiger partial charge in [-0.25, -0.2) is 0 Å². The zero-order valence-corrected chi connectivity index (χ0v) is 14.4. The summed E-state index contributed by atoms with van der Waals surface area (Å²) in [4.78, 5) is 15.9. The lowest BCUT2D eigenvalue weighted by atomic mass is 10.2.